The van der Waals surface area contributed by atoms with E-state index in [1.54, 1.807) is 6.07 Å². The fourth-order valence-corrected chi connectivity index (χ4v) is 8.02. The number of nitrogens with zero attached hydrogens (tertiary/aromatic N) is 5. The molecular weight excluding hydrogens is 568 g/mol. The summed E-state index contributed by atoms with van der Waals surface area (Å²) in [6, 6.07) is 5.51. The molecule has 0 saturated carbocycles. The number of benzene rings is 2. The Balaban J connectivity index is 1.34. The van der Waals surface area contributed by atoms with Crippen molar-refractivity contribution < 1.29 is 28.5 Å². The summed E-state index contributed by atoms with van der Waals surface area (Å²) in [5, 5.41) is 22.9. The topological polar surface area (TPSA) is 104 Å². The van der Waals surface area contributed by atoms with Crippen molar-refractivity contribution in [3.63, 3.8) is 0 Å². The average Bonchev–Trinajstić information content (AvgIpc) is 3.56. The highest BCUT2D eigenvalue weighted by Crippen LogP contribution is 2.45. The maximum absolute atomic E-state index is 16.9. The van der Waals surface area contributed by atoms with Crippen molar-refractivity contribution in [3.05, 3.63) is 41.5 Å². The summed E-state index contributed by atoms with van der Waals surface area (Å²) in [5.41, 5.74) is 0.444. The number of phenolic OH excluding ortho intramolecular Hbond substituents is 1. The fourth-order valence-electron chi connectivity index (χ4n) is 8.02. The smallest absolute Gasteiger partial charge is 0.319 e. The molecule has 0 aliphatic carbocycles. The zero-order valence-electron chi connectivity index (χ0n) is 24.7. The van der Waals surface area contributed by atoms with Gasteiger partial charge >= 0.3 is 6.01 Å². The van der Waals surface area contributed by atoms with Crippen molar-refractivity contribution in [3.8, 4) is 28.9 Å². The van der Waals surface area contributed by atoms with Gasteiger partial charge in [-0.2, -0.15) is 9.97 Å². The normalized spacial score (nSPS) is 22.6. The Morgan fingerprint density at radius 2 is 1.86 bits per heavy atom. The van der Waals surface area contributed by atoms with Crippen LogP contribution in [-0.4, -0.2) is 80.6 Å². The lowest BCUT2D eigenvalue weighted by Gasteiger charge is -2.38. The van der Waals surface area contributed by atoms with E-state index in [-0.39, 0.29) is 46.6 Å². The molecule has 4 aliphatic rings. The number of phenols is 1. The Kier molecular flexibility index (Phi) is 6.53. The molecule has 2 aromatic carbocycles. The molecule has 6 heterocycles. The number of aryl methyl sites for hydroxylation is 1. The molecule has 9 nitrogen and oxygen atoms in total. The number of pyridine rings is 1. The van der Waals surface area contributed by atoms with Gasteiger partial charge in [0.05, 0.1) is 17.7 Å². The summed E-state index contributed by atoms with van der Waals surface area (Å²) in [4.78, 5) is 18.5. The molecule has 8 rings (SSSR count). The van der Waals surface area contributed by atoms with Gasteiger partial charge in [-0.25, -0.2) is 13.8 Å². The Morgan fingerprint density at radius 1 is 1.05 bits per heavy atom. The SMILES string of the molecule is CCc1c(F)ccc2cc(O)cc(-c3nc4c5c(nc(OCC67CCCN6CCC7)nc5c3F)N3CCCC(O)C3CO4)c12. The van der Waals surface area contributed by atoms with Crippen LogP contribution in [0.4, 0.5) is 14.6 Å². The van der Waals surface area contributed by atoms with Crippen molar-refractivity contribution in [1.29, 1.82) is 0 Å². The molecule has 2 atom stereocenters. The first-order valence-electron chi connectivity index (χ1n) is 15.7. The van der Waals surface area contributed by atoms with Gasteiger partial charge in [0.25, 0.3) is 0 Å². The highest BCUT2D eigenvalue weighted by molar-refractivity contribution is 6.03. The first-order valence-corrected chi connectivity index (χ1v) is 15.7. The predicted molar refractivity (Wildman–Crippen MR) is 161 cm³/mol. The highest BCUT2D eigenvalue weighted by Gasteiger charge is 2.45. The third-order valence-electron chi connectivity index (χ3n) is 10.2. The van der Waals surface area contributed by atoms with Crippen LogP contribution in [0.15, 0.2) is 24.3 Å². The largest absolute Gasteiger partial charge is 0.508 e. The first-order chi connectivity index (χ1) is 21.4. The number of aliphatic hydroxyl groups is 1. The van der Waals surface area contributed by atoms with Crippen molar-refractivity contribution >= 4 is 27.5 Å². The molecule has 0 amide bonds. The Bertz CT molecular complexity index is 1790. The van der Waals surface area contributed by atoms with Crippen molar-refractivity contribution in [2.75, 3.05) is 37.7 Å². The minimum atomic E-state index is -0.739. The Labute approximate surface area is 253 Å². The predicted octanol–water partition coefficient (Wildman–Crippen LogP) is 5.12. The molecule has 2 N–H and O–H groups in total. The van der Waals surface area contributed by atoms with E-state index < -0.39 is 23.8 Å². The molecule has 2 unspecified atom stereocenters. The van der Waals surface area contributed by atoms with Crippen LogP contribution < -0.4 is 14.4 Å². The van der Waals surface area contributed by atoms with Gasteiger partial charge in [0.1, 0.15) is 47.2 Å². The van der Waals surface area contributed by atoms with Crippen molar-refractivity contribution in [2.24, 2.45) is 0 Å². The summed E-state index contributed by atoms with van der Waals surface area (Å²) in [5.74, 6) is -0.703. The second-order valence-corrected chi connectivity index (χ2v) is 12.6. The van der Waals surface area contributed by atoms with Crippen LogP contribution in [0.25, 0.3) is 32.9 Å². The van der Waals surface area contributed by atoms with Gasteiger partial charge in [0.15, 0.2) is 5.82 Å². The van der Waals surface area contributed by atoms with Crippen LogP contribution in [0.5, 0.6) is 17.6 Å². The lowest BCUT2D eigenvalue weighted by Crippen LogP contribution is -2.51. The second-order valence-electron chi connectivity index (χ2n) is 12.6. The Hall–Kier alpha value is -3.83. The number of hydrogen-bond donors (Lipinski definition) is 2. The lowest BCUT2D eigenvalue weighted by molar-refractivity contribution is 0.0875. The number of aromatic nitrogens is 3. The van der Waals surface area contributed by atoms with Gasteiger partial charge in [-0.15, -0.1) is 0 Å². The number of anilines is 1. The molecule has 0 radical (unpaired) electrons. The van der Waals surface area contributed by atoms with Crippen LogP contribution in [0.3, 0.4) is 0 Å². The van der Waals surface area contributed by atoms with Crippen LogP contribution in [0.1, 0.15) is 51.0 Å². The molecule has 0 spiro atoms. The summed E-state index contributed by atoms with van der Waals surface area (Å²) in [6.45, 7) is 5.05. The minimum absolute atomic E-state index is 0.0242. The van der Waals surface area contributed by atoms with E-state index in [9.17, 15) is 10.2 Å². The average molecular weight is 604 g/mol. The van der Waals surface area contributed by atoms with Gasteiger partial charge in [-0.1, -0.05) is 13.0 Å². The summed E-state index contributed by atoms with van der Waals surface area (Å²) in [7, 11) is 0. The number of aromatic hydroxyl groups is 1. The van der Waals surface area contributed by atoms with E-state index in [1.807, 2.05) is 11.8 Å². The Morgan fingerprint density at radius 3 is 2.66 bits per heavy atom. The maximum atomic E-state index is 16.9. The summed E-state index contributed by atoms with van der Waals surface area (Å²) >= 11 is 0. The number of aliphatic hydroxyl groups excluding tert-OH is 1. The molecule has 3 fully saturated rings. The second kappa shape index (κ2) is 10.4. The lowest BCUT2D eigenvalue weighted by atomic mass is 9.94. The quantitative estimate of drug-likeness (QED) is 0.322. The number of rotatable bonds is 5. The van der Waals surface area contributed by atoms with Crippen LogP contribution >= 0.6 is 0 Å². The van der Waals surface area contributed by atoms with Gasteiger partial charge in [0.2, 0.25) is 5.88 Å². The van der Waals surface area contributed by atoms with Crippen LogP contribution in [-0.2, 0) is 6.42 Å². The van der Waals surface area contributed by atoms with E-state index in [0.717, 1.165) is 45.2 Å². The molecule has 0 bridgehead atoms. The molecule has 3 saturated heterocycles. The van der Waals surface area contributed by atoms with E-state index in [4.69, 9.17) is 14.5 Å². The number of halogens is 2. The van der Waals surface area contributed by atoms with Crippen LogP contribution in [0.2, 0.25) is 0 Å². The van der Waals surface area contributed by atoms with Crippen LogP contribution in [0, 0.1) is 11.6 Å². The van der Waals surface area contributed by atoms with Crippen molar-refractivity contribution in [1.82, 2.24) is 19.9 Å². The summed E-state index contributed by atoms with van der Waals surface area (Å²) in [6.07, 6.45) is 5.35. The van der Waals surface area contributed by atoms with E-state index in [2.05, 4.69) is 14.9 Å². The van der Waals surface area contributed by atoms with Gasteiger partial charge in [0, 0.05) is 12.1 Å². The van der Waals surface area contributed by atoms with Gasteiger partial charge in [-0.05, 0) is 92.6 Å². The number of ether oxygens (including phenoxy) is 2. The number of hydrogen-bond acceptors (Lipinski definition) is 9. The van der Waals surface area contributed by atoms with Crippen molar-refractivity contribution in [2.45, 2.75) is 69.6 Å². The van der Waals surface area contributed by atoms with Gasteiger partial charge in [-0.3, -0.25) is 4.90 Å². The molecule has 2 aromatic heterocycles. The third kappa shape index (κ3) is 4.19. The first kappa shape index (κ1) is 27.7. The standard InChI is InChI=1S/C33H35F2N5O4/c1-2-20-22(34)8-7-18-14-19(41)15-21(25(18)20)28-27(35)29-26-30(40-13-3-6-24(42)23(40)16-43-31(26)36-28)38-32(37-29)44-17-33-9-4-11-39(33)12-5-10-33/h7-8,14-15,23-24,41-42H,2-6,9-13,16-17H2,1H3. The van der Waals surface area contributed by atoms with Gasteiger partial charge < -0.3 is 24.6 Å². The fraction of sp³-hybridized carbons (Fsp3) is 0.485. The molecule has 11 heteroatoms. The molecule has 4 aliphatic heterocycles. The number of fused-ring (bicyclic) bond motifs is 4. The number of piperidine rings is 1. The highest BCUT2D eigenvalue weighted by atomic mass is 19.1. The third-order valence-corrected chi connectivity index (χ3v) is 10.2. The zero-order valence-corrected chi connectivity index (χ0v) is 24.7. The zero-order chi connectivity index (χ0) is 30.2. The van der Waals surface area contributed by atoms with E-state index in [1.165, 1.54) is 18.2 Å². The molecule has 230 valence electrons. The molecular formula is C33H35F2N5O4. The minimum Gasteiger partial charge on any atom is -0.508 e. The molecule has 4 aromatic rings. The molecule has 44 heavy (non-hydrogen) atoms. The van der Waals surface area contributed by atoms with E-state index >= 15 is 8.78 Å². The van der Waals surface area contributed by atoms with E-state index in [0.29, 0.717) is 53.5 Å². The summed E-state index contributed by atoms with van der Waals surface area (Å²) < 4.78 is 44.5. The maximum Gasteiger partial charge on any atom is 0.319 e. The monoisotopic (exact) mass is 603 g/mol.